The van der Waals surface area contributed by atoms with Crippen molar-refractivity contribution in [1.29, 1.82) is 0 Å². The van der Waals surface area contributed by atoms with E-state index in [0.29, 0.717) is 5.82 Å². The lowest BCUT2D eigenvalue weighted by Gasteiger charge is -2.14. The first-order chi connectivity index (χ1) is 31.2. The summed E-state index contributed by atoms with van der Waals surface area (Å²) in [4.78, 5) is 15.7. The van der Waals surface area contributed by atoms with Crippen LogP contribution in [0.25, 0.3) is 117 Å². The first kappa shape index (κ1) is 36.4. The van der Waals surface area contributed by atoms with Gasteiger partial charge in [0.15, 0.2) is 5.82 Å². The molecule has 0 spiro atoms. The van der Waals surface area contributed by atoms with Crippen LogP contribution in [0.3, 0.4) is 0 Å². The van der Waals surface area contributed by atoms with Crippen LogP contribution in [0.2, 0.25) is 0 Å². The van der Waals surface area contributed by atoms with Crippen LogP contribution in [-0.2, 0) is 0 Å². The molecule has 3 aromatic heterocycles. The molecule has 4 nitrogen and oxygen atoms in total. The molecular weight excluding hydrogens is 765 g/mol. The maximum absolute atomic E-state index is 5.45. The first-order valence-corrected chi connectivity index (χ1v) is 21.4. The molecule has 12 aromatic rings. The van der Waals surface area contributed by atoms with E-state index in [4.69, 9.17) is 15.0 Å². The summed E-state index contributed by atoms with van der Waals surface area (Å²) < 4.78 is 2.39. The lowest BCUT2D eigenvalue weighted by molar-refractivity contribution is 1.18. The smallest absolute Gasteiger partial charge is 0.160 e. The molecule has 9 aromatic carbocycles. The van der Waals surface area contributed by atoms with E-state index in [2.05, 4.69) is 211 Å². The Hall–Kier alpha value is -8.47. The van der Waals surface area contributed by atoms with E-state index in [1.807, 2.05) is 24.3 Å². The van der Waals surface area contributed by atoms with Gasteiger partial charge in [0.2, 0.25) is 0 Å². The van der Waals surface area contributed by atoms with Gasteiger partial charge in [0.25, 0.3) is 0 Å². The topological polar surface area (TPSA) is 43.6 Å². The van der Waals surface area contributed by atoms with Crippen LogP contribution in [0.5, 0.6) is 0 Å². The van der Waals surface area contributed by atoms with Gasteiger partial charge in [-0.2, -0.15) is 0 Å². The lowest BCUT2D eigenvalue weighted by atomic mass is 9.94. The van der Waals surface area contributed by atoms with E-state index in [9.17, 15) is 0 Å². The molecular formula is C59H38N4. The second-order valence-corrected chi connectivity index (χ2v) is 16.0. The zero-order chi connectivity index (χ0) is 41.7. The van der Waals surface area contributed by atoms with Crippen molar-refractivity contribution in [3.63, 3.8) is 0 Å². The number of benzene rings is 9. The minimum absolute atomic E-state index is 0.697. The van der Waals surface area contributed by atoms with Crippen LogP contribution >= 0.6 is 0 Å². The van der Waals surface area contributed by atoms with Crippen LogP contribution in [0.15, 0.2) is 231 Å². The van der Waals surface area contributed by atoms with Gasteiger partial charge < -0.3 is 4.57 Å². The van der Waals surface area contributed by atoms with Gasteiger partial charge in [-0.25, -0.2) is 15.0 Å². The van der Waals surface area contributed by atoms with Gasteiger partial charge in [0.1, 0.15) is 0 Å². The summed E-state index contributed by atoms with van der Waals surface area (Å²) in [5, 5.41) is 5.94. The van der Waals surface area contributed by atoms with E-state index in [0.717, 1.165) is 72.4 Å². The van der Waals surface area contributed by atoms with Gasteiger partial charge in [0, 0.05) is 54.9 Å². The number of para-hydroxylation sites is 2. The summed E-state index contributed by atoms with van der Waals surface area (Å²) in [5.41, 5.74) is 15.9. The predicted molar refractivity (Wildman–Crippen MR) is 262 cm³/mol. The molecule has 63 heavy (non-hydrogen) atoms. The number of pyridine rings is 1. The van der Waals surface area contributed by atoms with E-state index in [-0.39, 0.29) is 0 Å². The molecule has 0 amide bonds. The van der Waals surface area contributed by atoms with Crippen LogP contribution in [0.4, 0.5) is 0 Å². The summed E-state index contributed by atoms with van der Waals surface area (Å²) in [5.74, 6) is 0.697. The summed E-state index contributed by atoms with van der Waals surface area (Å²) in [6.07, 6.45) is 0. The monoisotopic (exact) mass is 802 g/mol. The van der Waals surface area contributed by atoms with Gasteiger partial charge in [-0.1, -0.05) is 194 Å². The SMILES string of the molecule is c1ccc(-c2ccc(-c3cc(-c4ccc(-c5ccc6c(c5)nc(-c5ccccc5)c5ccc7c(c8ccccc8n7-c7ccccc7)c56)cc4)nc(-c4ccccc4)n3)cc2)cc1. The highest BCUT2D eigenvalue weighted by molar-refractivity contribution is 6.29. The highest BCUT2D eigenvalue weighted by Gasteiger charge is 2.20. The normalized spacial score (nSPS) is 11.5. The van der Waals surface area contributed by atoms with Crippen molar-refractivity contribution >= 4 is 43.5 Å². The van der Waals surface area contributed by atoms with Crippen LogP contribution in [0, 0.1) is 0 Å². The number of nitrogens with zero attached hydrogens (tertiary/aromatic N) is 4. The number of fused-ring (bicyclic) bond motifs is 7. The van der Waals surface area contributed by atoms with Crippen LogP contribution < -0.4 is 0 Å². The minimum atomic E-state index is 0.697. The maximum Gasteiger partial charge on any atom is 0.160 e. The van der Waals surface area contributed by atoms with Crippen molar-refractivity contribution in [2.24, 2.45) is 0 Å². The van der Waals surface area contributed by atoms with Crippen molar-refractivity contribution in [2.75, 3.05) is 0 Å². The standard InChI is InChI=1S/C59H38N4/c1-5-15-39(16-6-1)40-25-29-42(30-26-40)51-38-52(62-59(61-51)45-19-9-3-10-20-45)43-31-27-41(28-32-43)46-33-34-48-53(37-46)60-58(44-17-7-2-8-18-44)50-35-36-55-57(56(48)50)49-23-13-14-24-54(49)63(55)47-21-11-4-12-22-47/h1-38H. The van der Waals surface area contributed by atoms with Crippen molar-refractivity contribution in [1.82, 2.24) is 19.5 Å². The molecule has 0 radical (unpaired) electrons. The van der Waals surface area contributed by atoms with Crippen molar-refractivity contribution in [2.45, 2.75) is 0 Å². The number of aromatic nitrogens is 4. The Morgan fingerprint density at radius 2 is 0.778 bits per heavy atom. The zero-order valence-electron chi connectivity index (χ0n) is 34.2. The van der Waals surface area contributed by atoms with E-state index >= 15 is 0 Å². The highest BCUT2D eigenvalue weighted by Crippen LogP contribution is 2.43. The van der Waals surface area contributed by atoms with Gasteiger partial charge in [-0.3, -0.25) is 0 Å². The van der Waals surface area contributed by atoms with Crippen molar-refractivity contribution in [3.8, 4) is 73.1 Å². The fourth-order valence-electron chi connectivity index (χ4n) is 9.16. The molecule has 0 saturated heterocycles. The summed E-state index contributed by atoms with van der Waals surface area (Å²) in [6, 6.07) is 81.4. The third-order valence-corrected chi connectivity index (χ3v) is 12.2. The van der Waals surface area contributed by atoms with Crippen molar-refractivity contribution in [3.05, 3.63) is 231 Å². The van der Waals surface area contributed by atoms with E-state index in [1.54, 1.807) is 0 Å². The molecule has 0 aliphatic carbocycles. The Labute approximate surface area is 365 Å². The van der Waals surface area contributed by atoms with Gasteiger partial charge in [-0.05, 0) is 58.7 Å². The lowest BCUT2D eigenvalue weighted by Crippen LogP contribution is -1.96. The molecule has 0 bridgehead atoms. The van der Waals surface area contributed by atoms with Crippen LogP contribution in [0.1, 0.15) is 0 Å². The Bertz CT molecular complexity index is 3620. The molecule has 4 heteroatoms. The van der Waals surface area contributed by atoms with Gasteiger partial charge in [-0.15, -0.1) is 0 Å². The number of hydrogen-bond acceptors (Lipinski definition) is 3. The first-order valence-electron chi connectivity index (χ1n) is 21.4. The molecule has 0 aliphatic rings. The Morgan fingerprint density at radius 1 is 0.286 bits per heavy atom. The van der Waals surface area contributed by atoms with Crippen molar-refractivity contribution < 1.29 is 0 Å². The highest BCUT2D eigenvalue weighted by atomic mass is 15.0. The second-order valence-electron chi connectivity index (χ2n) is 16.0. The molecule has 0 saturated carbocycles. The predicted octanol–water partition coefficient (Wildman–Crippen LogP) is 15.3. The summed E-state index contributed by atoms with van der Waals surface area (Å²) in [6.45, 7) is 0. The molecule has 0 unspecified atom stereocenters. The average molecular weight is 803 g/mol. The Kier molecular flexibility index (Phi) is 8.79. The third kappa shape index (κ3) is 6.44. The Morgan fingerprint density at radius 3 is 1.43 bits per heavy atom. The van der Waals surface area contributed by atoms with Gasteiger partial charge in [0.05, 0.1) is 33.6 Å². The number of rotatable bonds is 7. The molecule has 12 rings (SSSR count). The largest absolute Gasteiger partial charge is 0.309 e. The molecule has 0 aliphatic heterocycles. The summed E-state index contributed by atoms with van der Waals surface area (Å²) >= 11 is 0. The molecule has 3 heterocycles. The average Bonchev–Trinajstić information content (AvgIpc) is 3.71. The third-order valence-electron chi connectivity index (χ3n) is 12.2. The minimum Gasteiger partial charge on any atom is -0.309 e. The van der Waals surface area contributed by atoms with E-state index in [1.165, 1.54) is 38.3 Å². The van der Waals surface area contributed by atoms with Crippen LogP contribution in [-0.4, -0.2) is 19.5 Å². The second kappa shape index (κ2) is 15.2. The van der Waals surface area contributed by atoms with Gasteiger partial charge >= 0.3 is 0 Å². The molecule has 0 atom stereocenters. The summed E-state index contributed by atoms with van der Waals surface area (Å²) in [7, 11) is 0. The zero-order valence-corrected chi connectivity index (χ0v) is 34.2. The molecule has 0 N–H and O–H groups in total. The molecule has 294 valence electrons. The number of hydrogen-bond donors (Lipinski definition) is 0. The maximum atomic E-state index is 5.45. The fourth-order valence-corrected chi connectivity index (χ4v) is 9.16. The fraction of sp³-hybridized carbons (Fsp3) is 0. The van der Waals surface area contributed by atoms with E-state index < -0.39 is 0 Å². The molecule has 0 fully saturated rings. The Balaban J connectivity index is 0.984. The quantitative estimate of drug-likeness (QED) is 0.151.